The predicted octanol–water partition coefficient (Wildman–Crippen LogP) is 6.30. The number of halogens is 1. The number of thiophene rings is 1. The minimum Gasteiger partial charge on any atom is -0.309 e. The van der Waals surface area contributed by atoms with Crippen LogP contribution in [0, 0.1) is 0 Å². The topological polar surface area (TPSA) is 12.0 Å². The van der Waals surface area contributed by atoms with Gasteiger partial charge < -0.3 is 5.32 Å². The Kier molecular flexibility index (Phi) is 9.84. The zero-order valence-electron chi connectivity index (χ0n) is 12.4. The van der Waals surface area contributed by atoms with Crippen molar-refractivity contribution < 1.29 is 0 Å². The molecule has 0 aromatic carbocycles. The third-order valence-electron chi connectivity index (χ3n) is 3.45. The monoisotopic (exact) mass is 345 g/mol. The molecule has 0 spiro atoms. The van der Waals surface area contributed by atoms with Crippen LogP contribution in [0.3, 0.4) is 0 Å². The van der Waals surface area contributed by atoms with Crippen LogP contribution in [0.5, 0.6) is 0 Å². The Morgan fingerprint density at radius 2 is 1.84 bits per heavy atom. The summed E-state index contributed by atoms with van der Waals surface area (Å²) in [4.78, 5) is 1.47. The van der Waals surface area contributed by atoms with Gasteiger partial charge in [-0.3, -0.25) is 0 Å². The molecule has 1 N–H and O–H groups in total. The highest BCUT2D eigenvalue weighted by Crippen LogP contribution is 2.32. The Morgan fingerprint density at radius 1 is 1.11 bits per heavy atom. The van der Waals surface area contributed by atoms with Crippen molar-refractivity contribution in [2.75, 3.05) is 6.54 Å². The molecule has 0 aliphatic carbocycles. The van der Waals surface area contributed by atoms with E-state index < -0.39 is 0 Å². The smallest absolute Gasteiger partial charge is 0.0426 e. The van der Waals surface area contributed by atoms with Crippen LogP contribution in [0.1, 0.15) is 76.1 Å². The summed E-state index contributed by atoms with van der Waals surface area (Å²) < 4.78 is 1.28. The second-order valence-electron chi connectivity index (χ2n) is 5.20. The van der Waals surface area contributed by atoms with Crippen LogP contribution in [0.2, 0.25) is 0 Å². The maximum absolute atomic E-state index is 3.70. The van der Waals surface area contributed by atoms with Crippen LogP contribution in [0.25, 0.3) is 0 Å². The number of nitrogens with one attached hydrogen (secondary N) is 1. The maximum atomic E-state index is 3.70. The Balaban J connectivity index is 2.32. The summed E-state index contributed by atoms with van der Waals surface area (Å²) in [7, 11) is 0. The highest BCUT2D eigenvalue weighted by atomic mass is 79.9. The first kappa shape index (κ1) is 17.2. The molecule has 1 heterocycles. The molecule has 0 aliphatic rings. The molecular formula is C16H28BrNS. The molecule has 0 bridgehead atoms. The van der Waals surface area contributed by atoms with Crippen LogP contribution in [-0.4, -0.2) is 6.54 Å². The van der Waals surface area contributed by atoms with Crippen LogP contribution in [0.4, 0.5) is 0 Å². The number of hydrogen-bond acceptors (Lipinski definition) is 2. The third-order valence-corrected chi connectivity index (χ3v) is 5.43. The fourth-order valence-corrected chi connectivity index (χ4v) is 4.09. The number of rotatable bonds is 11. The molecule has 0 radical (unpaired) electrons. The van der Waals surface area contributed by atoms with Crippen LogP contribution < -0.4 is 5.32 Å². The maximum Gasteiger partial charge on any atom is 0.0426 e. The fourth-order valence-electron chi connectivity index (χ4n) is 2.33. The Morgan fingerprint density at radius 3 is 2.47 bits per heavy atom. The molecule has 0 amide bonds. The average molecular weight is 346 g/mol. The third kappa shape index (κ3) is 6.92. The molecule has 3 heteroatoms. The minimum atomic E-state index is 0.542. The van der Waals surface area contributed by atoms with Gasteiger partial charge in [0.25, 0.3) is 0 Å². The molecule has 1 aromatic rings. The van der Waals surface area contributed by atoms with Crippen LogP contribution in [-0.2, 0) is 0 Å². The molecule has 0 fully saturated rings. The van der Waals surface area contributed by atoms with Gasteiger partial charge in [-0.1, -0.05) is 52.4 Å². The molecule has 1 unspecified atom stereocenters. The molecule has 0 saturated heterocycles. The van der Waals surface area contributed by atoms with Crippen LogP contribution >= 0.6 is 27.3 Å². The lowest BCUT2D eigenvalue weighted by molar-refractivity contribution is 0.471. The van der Waals surface area contributed by atoms with Crippen molar-refractivity contribution in [3.05, 3.63) is 20.8 Å². The van der Waals surface area contributed by atoms with E-state index in [9.17, 15) is 0 Å². The Hall–Kier alpha value is 0.140. The highest BCUT2D eigenvalue weighted by molar-refractivity contribution is 9.10. The minimum absolute atomic E-state index is 0.542. The van der Waals surface area contributed by atoms with Gasteiger partial charge in [0.15, 0.2) is 0 Å². The van der Waals surface area contributed by atoms with Crippen molar-refractivity contribution in [1.82, 2.24) is 5.32 Å². The first-order chi connectivity index (χ1) is 9.29. The van der Waals surface area contributed by atoms with Gasteiger partial charge in [-0.2, -0.15) is 0 Å². The second kappa shape index (κ2) is 10.9. The van der Waals surface area contributed by atoms with Crippen molar-refractivity contribution in [2.45, 2.75) is 71.3 Å². The molecule has 1 aromatic heterocycles. The molecule has 1 atom stereocenters. The second-order valence-corrected chi connectivity index (χ2v) is 7.00. The average Bonchev–Trinajstić information content (AvgIpc) is 2.83. The Labute approximate surface area is 131 Å². The summed E-state index contributed by atoms with van der Waals surface area (Å²) in [6.45, 7) is 5.63. The lowest BCUT2D eigenvalue weighted by Crippen LogP contribution is -2.21. The normalized spacial score (nSPS) is 12.8. The largest absolute Gasteiger partial charge is 0.309 e. The molecule has 19 heavy (non-hydrogen) atoms. The van der Waals surface area contributed by atoms with E-state index in [1.165, 1.54) is 60.7 Å². The van der Waals surface area contributed by atoms with Gasteiger partial charge in [-0.05, 0) is 46.8 Å². The number of hydrogen-bond donors (Lipinski definition) is 1. The summed E-state index contributed by atoms with van der Waals surface area (Å²) in [6, 6.07) is 2.71. The van der Waals surface area contributed by atoms with E-state index in [1.54, 1.807) is 0 Å². The van der Waals surface area contributed by atoms with E-state index in [0.29, 0.717) is 6.04 Å². The lowest BCUT2D eigenvalue weighted by Gasteiger charge is -2.18. The molecule has 0 aliphatic heterocycles. The molecular weight excluding hydrogens is 318 g/mol. The van der Waals surface area contributed by atoms with E-state index in [-0.39, 0.29) is 0 Å². The van der Waals surface area contributed by atoms with Gasteiger partial charge in [-0.25, -0.2) is 0 Å². The SMILES string of the molecule is CCCCCCCCC(NCCC)c1sccc1Br. The van der Waals surface area contributed by atoms with Crippen molar-refractivity contribution in [2.24, 2.45) is 0 Å². The van der Waals surface area contributed by atoms with E-state index >= 15 is 0 Å². The summed E-state index contributed by atoms with van der Waals surface area (Å²) >= 11 is 5.54. The van der Waals surface area contributed by atoms with E-state index in [4.69, 9.17) is 0 Å². The summed E-state index contributed by atoms with van der Waals surface area (Å²) in [5.74, 6) is 0. The van der Waals surface area contributed by atoms with Crippen molar-refractivity contribution in [1.29, 1.82) is 0 Å². The van der Waals surface area contributed by atoms with E-state index in [1.807, 2.05) is 11.3 Å². The van der Waals surface area contributed by atoms with E-state index in [0.717, 1.165) is 6.54 Å². The van der Waals surface area contributed by atoms with Gasteiger partial charge >= 0.3 is 0 Å². The first-order valence-electron chi connectivity index (χ1n) is 7.75. The predicted molar refractivity (Wildman–Crippen MR) is 91.0 cm³/mol. The number of unbranched alkanes of at least 4 members (excludes halogenated alkanes) is 5. The van der Waals surface area contributed by atoms with E-state index in [2.05, 4.69) is 46.5 Å². The van der Waals surface area contributed by atoms with Crippen LogP contribution in [0.15, 0.2) is 15.9 Å². The van der Waals surface area contributed by atoms with Gasteiger partial charge in [0.2, 0.25) is 0 Å². The standard InChI is InChI=1S/C16H28BrNS/c1-3-5-6-7-8-9-10-15(18-12-4-2)16-14(17)11-13-19-16/h11,13,15,18H,3-10,12H2,1-2H3. The summed E-state index contributed by atoms with van der Waals surface area (Å²) in [6.07, 6.45) is 10.7. The van der Waals surface area contributed by atoms with Crippen molar-refractivity contribution in [3.63, 3.8) is 0 Å². The Bertz CT molecular complexity index is 324. The van der Waals surface area contributed by atoms with Gasteiger partial charge in [-0.15, -0.1) is 11.3 Å². The quantitative estimate of drug-likeness (QED) is 0.464. The van der Waals surface area contributed by atoms with Crippen molar-refractivity contribution >= 4 is 27.3 Å². The lowest BCUT2D eigenvalue weighted by atomic mass is 10.0. The molecule has 1 nitrogen and oxygen atoms in total. The zero-order chi connectivity index (χ0) is 13.9. The van der Waals surface area contributed by atoms with Gasteiger partial charge in [0.05, 0.1) is 0 Å². The summed E-state index contributed by atoms with van der Waals surface area (Å²) in [5.41, 5.74) is 0. The molecule has 0 saturated carbocycles. The highest BCUT2D eigenvalue weighted by Gasteiger charge is 2.14. The molecule has 110 valence electrons. The summed E-state index contributed by atoms with van der Waals surface area (Å²) in [5, 5.41) is 5.88. The fraction of sp³-hybridized carbons (Fsp3) is 0.750. The van der Waals surface area contributed by atoms with Gasteiger partial charge in [0.1, 0.15) is 0 Å². The zero-order valence-corrected chi connectivity index (χ0v) is 14.8. The van der Waals surface area contributed by atoms with Crippen molar-refractivity contribution in [3.8, 4) is 0 Å². The molecule has 1 rings (SSSR count). The van der Waals surface area contributed by atoms with Gasteiger partial charge in [0, 0.05) is 15.4 Å². The first-order valence-corrected chi connectivity index (χ1v) is 9.43.